The lowest BCUT2D eigenvalue weighted by molar-refractivity contribution is 0.0697. The van der Waals surface area contributed by atoms with E-state index in [4.69, 9.17) is 7.85 Å². The molecule has 2 nitrogen and oxygen atoms in total. The van der Waals surface area contributed by atoms with E-state index >= 15 is 0 Å². The van der Waals surface area contributed by atoms with E-state index in [1.165, 1.54) is 6.07 Å². The quantitative estimate of drug-likeness (QED) is 0.641. The van der Waals surface area contributed by atoms with Crippen molar-refractivity contribution in [1.82, 2.24) is 0 Å². The van der Waals surface area contributed by atoms with Gasteiger partial charge in [-0.25, -0.2) is 4.79 Å². The summed E-state index contributed by atoms with van der Waals surface area (Å²) in [6, 6.07) is 2.77. The van der Waals surface area contributed by atoms with Crippen LogP contribution in [0.25, 0.3) is 0 Å². The summed E-state index contributed by atoms with van der Waals surface area (Å²) in [6.07, 6.45) is 0. The standard InChI is InChI=1S/C8H8O2/c1-6-3-2-4-7(5-6)8(9)10/h2-5H,1H3,(H,9,10)/i4D,5D. The van der Waals surface area contributed by atoms with Gasteiger partial charge in [0.25, 0.3) is 0 Å². The largest absolute Gasteiger partial charge is 0.478 e. The molecule has 0 bridgehead atoms. The molecule has 0 spiro atoms. The number of carboxylic acids is 1. The van der Waals surface area contributed by atoms with E-state index in [-0.39, 0.29) is 17.6 Å². The Hall–Kier alpha value is -1.31. The summed E-state index contributed by atoms with van der Waals surface area (Å²) in [7, 11) is 0. The van der Waals surface area contributed by atoms with Gasteiger partial charge < -0.3 is 5.11 Å². The van der Waals surface area contributed by atoms with Crippen LogP contribution in [0.2, 0.25) is 0 Å². The molecule has 0 saturated carbocycles. The molecule has 0 saturated heterocycles. The second-order valence-electron chi connectivity index (χ2n) is 1.97. The second-order valence-corrected chi connectivity index (χ2v) is 1.97. The van der Waals surface area contributed by atoms with E-state index in [2.05, 4.69) is 0 Å². The molecular formula is C8H8O2. The Morgan fingerprint density at radius 1 is 1.80 bits per heavy atom. The van der Waals surface area contributed by atoms with Crippen LogP contribution in [0.15, 0.2) is 24.2 Å². The monoisotopic (exact) mass is 138 g/mol. The first-order valence-electron chi connectivity index (χ1n) is 3.84. The average molecular weight is 138 g/mol. The molecule has 0 aliphatic carbocycles. The van der Waals surface area contributed by atoms with Gasteiger partial charge >= 0.3 is 5.97 Å². The summed E-state index contributed by atoms with van der Waals surface area (Å²) >= 11 is 0. The number of aromatic carboxylic acids is 1. The van der Waals surface area contributed by atoms with Gasteiger partial charge in [0, 0.05) is 0 Å². The Kier molecular flexibility index (Phi) is 1.13. The number of carboxylic acid groups (broad SMARTS) is 1. The van der Waals surface area contributed by atoms with Crippen LogP contribution in [0.1, 0.15) is 18.7 Å². The molecule has 0 atom stereocenters. The molecule has 52 valence electrons. The number of hydrogen-bond donors (Lipinski definition) is 1. The molecule has 0 aliphatic heterocycles. The molecule has 1 aromatic carbocycles. The normalized spacial score (nSPS) is 12.1. The molecule has 1 N–H and O–H groups in total. The van der Waals surface area contributed by atoms with Crippen LogP contribution in [-0.2, 0) is 0 Å². The first-order chi connectivity index (χ1) is 5.54. The van der Waals surface area contributed by atoms with E-state index in [1.807, 2.05) is 0 Å². The molecule has 0 unspecified atom stereocenters. The fraction of sp³-hybridized carbons (Fsp3) is 0.125. The van der Waals surface area contributed by atoms with Gasteiger partial charge in [0.05, 0.1) is 8.30 Å². The first kappa shape index (κ1) is 4.50. The van der Waals surface area contributed by atoms with Gasteiger partial charge in [0.1, 0.15) is 0 Å². The van der Waals surface area contributed by atoms with Crippen molar-refractivity contribution in [3.05, 3.63) is 35.3 Å². The Balaban J connectivity index is 3.43. The maximum absolute atomic E-state index is 10.6. The molecule has 1 rings (SSSR count). The first-order valence-corrected chi connectivity index (χ1v) is 2.84. The Morgan fingerprint density at radius 2 is 2.50 bits per heavy atom. The highest BCUT2D eigenvalue weighted by Gasteiger charge is 1.99. The van der Waals surface area contributed by atoms with Gasteiger partial charge in [-0.15, -0.1) is 0 Å². The predicted octanol–water partition coefficient (Wildman–Crippen LogP) is 1.69. The lowest BCUT2D eigenvalue weighted by Crippen LogP contribution is -1.95. The number of hydrogen-bond acceptors (Lipinski definition) is 1. The van der Waals surface area contributed by atoms with Crippen LogP contribution in [0.4, 0.5) is 0 Å². The van der Waals surface area contributed by atoms with Gasteiger partial charge in [-0.1, -0.05) is 17.7 Å². The fourth-order valence-corrected chi connectivity index (χ4v) is 0.640. The molecule has 0 amide bonds. The molecule has 0 aromatic heterocycles. The molecule has 1 aromatic rings. The summed E-state index contributed by atoms with van der Waals surface area (Å²) < 4.78 is 14.6. The molecule has 10 heavy (non-hydrogen) atoms. The third-order valence-corrected chi connectivity index (χ3v) is 1.10. The summed E-state index contributed by atoms with van der Waals surface area (Å²) in [5.74, 6) is -1.21. The van der Waals surface area contributed by atoms with Gasteiger partial charge in [-0.2, -0.15) is 0 Å². The number of benzene rings is 1. The molecule has 0 radical (unpaired) electrons. The lowest BCUT2D eigenvalue weighted by atomic mass is 10.1. The molecule has 2 heteroatoms. The van der Waals surface area contributed by atoms with Crippen LogP contribution >= 0.6 is 0 Å². The minimum absolute atomic E-state index is 0.0741. The Bertz CT molecular complexity index is 334. The minimum atomic E-state index is -1.21. The number of carbonyl (C=O) groups is 1. The third kappa shape index (κ3) is 1.35. The Morgan fingerprint density at radius 3 is 3.00 bits per heavy atom. The summed E-state index contributed by atoms with van der Waals surface area (Å²) in [5, 5.41) is 8.63. The summed E-state index contributed by atoms with van der Waals surface area (Å²) in [6.45, 7) is 1.65. The van der Waals surface area contributed by atoms with Gasteiger partial charge in [-0.3, -0.25) is 0 Å². The molecular weight excluding hydrogens is 128 g/mol. The van der Waals surface area contributed by atoms with E-state index in [0.29, 0.717) is 5.56 Å². The highest BCUT2D eigenvalue weighted by molar-refractivity contribution is 5.87. The van der Waals surface area contributed by atoms with E-state index < -0.39 is 5.97 Å². The average Bonchev–Trinajstić information content (AvgIpc) is 1.97. The lowest BCUT2D eigenvalue weighted by Gasteiger charge is -1.93. The van der Waals surface area contributed by atoms with Crippen molar-refractivity contribution < 1.29 is 12.6 Å². The fourth-order valence-electron chi connectivity index (χ4n) is 0.640. The highest BCUT2D eigenvalue weighted by atomic mass is 16.4. The second kappa shape index (κ2) is 2.52. The van der Waals surface area contributed by atoms with Crippen LogP contribution in [0, 0.1) is 6.92 Å². The Labute approximate surface area is 61.9 Å². The van der Waals surface area contributed by atoms with Crippen molar-refractivity contribution in [2.24, 2.45) is 0 Å². The van der Waals surface area contributed by atoms with E-state index in [1.54, 1.807) is 13.0 Å². The number of rotatable bonds is 1. The molecule has 0 fully saturated rings. The zero-order chi connectivity index (χ0) is 9.30. The van der Waals surface area contributed by atoms with Crippen molar-refractivity contribution in [3.8, 4) is 0 Å². The summed E-state index contributed by atoms with van der Waals surface area (Å²) in [5.41, 5.74) is 0.346. The SMILES string of the molecule is [2H]c1ccc(C)c([2H])c1C(=O)O. The van der Waals surface area contributed by atoms with Crippen LogP contribution in [-0.4, -0.2) is 11.1 Å². The van der Waals surface area contributed by atoms with Gasteiger partial charge in [0.15, 0.2) is 0 Å². The van der Waals surface area contributed by atoms with Crippen LogP contribution < -0.4 is 0 Å². The zero-order valence-corrected chi connectivity index (χ0v) is 5.51. The third-order valence-electron chi connectivity index (χ3n) is 1.10. The predicted molar refractivity (Wildman–Crippen MR) is 38.1 cm³/mol. The topological polar surface area (TPSA) is 37.3 Å². The van der Waals surface area contributed by atoms with Crippen molar-refractivity contribution in [2.45, 2.75) is 6.92 Å². The zero-order valence-electron chi connectivity index (χ0n) is 7.51. The minimum Gasteiger partial charge on any atom is -0.478 e. The van der Waals surface area contributed by atoms with Gasteiger partial charge in [-0.05, 0) is 19.0 Å². The van der Waals surface area contributed by atoms with Crippen molar-refractivity contribution in [1.29, 1.82) is 0 Å². The van der Waals surface area contributed by atoms with Crippen molar-refractivity contribution in [2.75, 3.05) is 0 Å². The van der Waals surface area contributed by atoms with Gasteiger partial charge in [0.2, 0.25) is 0 Å². The molecule has 0 aliphatic rings. The van der Waals surface area contributed by atoms with Crippen molar-refractivity contribution >= 4 is 5.97 Å². The van der Waals surface area contributed by atoms with E-state index in [9.17, 15) is 4.79 Å². The smallest absolute Gasteiger partial charge is 0.335 e. The van der Waals surface area contributed by atoms with E-state index in [0.717, 1.165) is 0 Å². The highest BCUT2D eigenvalue weighted by Crippen LogP contribution is 2.02. The van der Waals surface area contributed by atoms with Crippen molar-refractivity contribution in [3.63, 3.8) is 0 Å². The van der Waals surface area contributed by atoms with Crippen LogP contribution in [0.3, 0.4) is 0 Å². The molecule has 0 heterocycles. The summed E-state index contributed by atoms with van der Waals surface area (Å²) in [4.78, 5) is 10.6. The maximum Gasteiger partial charge on any atom is 0.335 e. The maximum atomic E-state index is 10.6. The number of aryl methyl sites for hydroxylation is 1. The van der Waals surface area contributed by atoms with Crippen LogP contribution in [0.5, 0.6) is 0 Å².